The van der Waals surface area contributed by atoms with E-state index in [-0.39, 0.29) is 0 Å². The average molecular weight is 242 g/mol. The number of hydrogen-bond acceptors (Lipinski definition) is 2. The number of nitrogens with zero attached hydrogens (tertiary/aromatic N) is 1. The van der Waals surface area contributed by atoms with Crippen LogP contribution in [0.1, 0.15) is 71.1 Å². The van der Waals surface area contributed by atoms with E-state index < -0.39 is 0 Å². The van der Waals surface area contributed by atoms with E-state index in [1.807, 2.05) is 0 Å². The van der Waals surface area contributed by atoms with Gasteiger partial charge >= 0.3 is 0 Å². The summed E-state index contributed by atoms with van der Waals surface area (Å²) in [6, 6.07) is 0. The van der Waals surface area contributed by atoms with Gasteiger partial charge in [0.25, 0.3) is 0 Å². The molecule has 0 unspecified atom stereocenters. The van der Waals surface area contributed by atoms with Crippen LogP contribution in [0.3, 0.4) is 0 Å². The lowest BCUT2D eigenvalue weighted by atomic mass is 10.1. The van der Waals surface area contributed by atoms with Crippen LogP contribution in [0.15, 0.2) is 0 Å². The third-order valence-electron chi connectivity index (χ3n) is 3.39. The van der Waals surface area contributed by atoms with Gasteiger partial charge in [0, 0.05) is 0 Å². The molecule has 2 N–H and O–H groups in total. The van der Waals surface area contributed by atoms with Gasteiger partial charge in [0.05, 0.1) is 0 Å². The Morgan fingerprint density at radius 2 is 1.18 bits per heavy atom. The molecule has 0 aliphatic rings. The Balaban J connectivity index is 3.02. The second-order valence-electron chi connectivity index (χ2n) is 5.27. The molecule has 0 aliphatic heterocycles. The van der Waals surface area contributed by atoms with E-state index >= 15 is 0 Å². The normalized spacial score (nSPS) is 11.3. The van der Waals surface area contributed by atoms with Crippen LogP contribution in [0, 0.1) is 0 Å². The smallest absolute Gasteiger partial charge is 0.000977 e. The third-order valence-corrected chi connectivity index (χ3v) is 3.39. The molecule has 0 amide bonds. The zero-order valence-corrected chi connectivity index (χ0v) is 12.2. The molecule has 0 spiro atoms. The van der Waals surface area contributed by atoms with E-state index in [1.54, 1.807) is 0 Å². The lowest BCUT2D eigenvalue weighted by Crippen LogP contribution is -2.22. The Morgan fingerprint density at radius 1 is 0.706 bits per heavy atom. The summed E-state index contributed by atoms with van der Waals surface area (Å²) in [6.07, 6.45) is 13.9. The van der Waals surface area contributed by atoms with Crippen molar-refractivity contribution in [3.05, 3.63) is 0 Å². The monoisotopic (exact) mass is 242 g/mol. The zero-order valence-electron chi connectivity index (χ0n) is 12.2. The van der Waals surface area contributed by atoms with E-state index in [1.165, 1.54) is 64.3 Å². The van der Waals surface area contributed by atoms with Crippen LogP contribution >= 0.6 is 0 Å². The first kappa shape index (κ1) is 16.9. The topological polar surface area (TPSA) is 29.3 Å². The summed E-state index contributed by atoms with van der Waals surface area (Å²) in [5.41, 5.74) is 5.49. The standard InChI is InChI=1S/C15H34N2/c1-3-4-5-6-7-8-9-10-11-14-17(2)15-12-13-16/h3-16H2,1-2H3. The van der Waals surface area contributed by atoms with Crippen molar-refractivity contribution < 1.29 is 0 Å². The van der Waals surface area contributed by atoms with Crippen molar-refractivity contribution in [3.63, 3.8) is 0 Å². The molecule has 0 aromatic heterocycles. The van der Waals surface area contributed by atoms with Gasteiger partial charge in [-0.1, -0.05) is 58.3 Å². The molecule has 0 saturated heterocycles. The fourth-order valence-electron chi connectivity index (χ4n) is 2.17. The van der Waals surface area contributed by atoms with Gasteiger partial charge in [-0.3, -0.25) is 0 Å². The third kappa shape index (κ3) is 13.9. The molecular weight excluding hydrogens is 208 g/mol. The fourth-order valence-corrected chi connectivity index (χ4v) is 2.17. The molecule has 0 rings (SSSR count). The number of rotatable bonds is 13. The molecule has 0 aromatic rings. The van der Waals surface area contributed by atoms with Gasteiger partial charge in [0.1, 0.15) is 0 Å². The maximum Gasteiger partial charge on any atom is -0.000977 e. The Kier molecular flexibility index (Phi) is 13.9. The summed E-state index contributed by atoms with van der Waals surface area (Å²) in [5, 5.41) is 0. The highest BCUT2D eigenvalue weighted by Crippen LogP contribution is 2.09. The lowest BCUT2D eigenvalue weighted by molar-refractivity contribution is 0.321. The minimum absolute atomic E-state index is 0.822. The van der Waals surface area contributed by atoms with Crippen molar-refractivity contribution in [2.75, 3.05) is 26.7 Å². The van der Waals surface area contributed by atoms with Crippen molar-refractivity contribution in [3.8, 4) is 0 Å². The first-order valence-electron chi connectivity index (χ1n) is 7.70. The molecule has 0 atom stereocenters. The van der Waals surface area contributed by atoms with E-state index in [4.69, 9.17) is 5.73 Å². The van der Waals surface area contributed by atoms with Gasteiger partial charge in [0.15, 0.2) is 0 Å². The van der Waals surface area contributed by atoms with Crippen molar-refractivity contribution in [1.29, 1.82) is 0 Å². The molecule has 0 fully saturated rings. The molecule has 104 valence electrons. The summed E-state index contributed by atoms with van der Waals surface area (Å²) in [4.78, 5) is 2.41. The van der Waals surface area contributed by atoms with Crippen molar-refractivity contribution in [2.45, 2.75) is 71.1 Å². The molecule has 0 aliphatic carbocycles. The lowest BCUT2D eigenvalue weighted by Gasteiger charge is -2.15. The van der Waals surface area contributed by atoms with Crippen LogP contribution < -0.4 is 5.73 Å². The van der Waals surface area contributed by atoms with Crippen LogP contribution in [-0.2, 0) is 0 Å². The predicted octanol–water partition coefficient (Wildman–Crippen LogP) is 3.80. The molecule has 17 heavy (non-hydrogen) atoms. The molecule has 2 nitrogen and oxygen atoms in total. The maximum atomic E-state index is 5.49. The molecule has 2 heteroatoms. The summed E-state index contributed by atoms with van der Waals surface area (Å²) < 4.78 is 0. The van der Waals surface area contributed by atoms with Gasteiger partial charge in [-0.15, -0.1) is 0 Å². The average Bonchev–Trinajstić information content (AvgIpc) is 2.34. The van der Waals surface area contributed by atoms with Crippen molar-refractivity contribution in [2.24, 2.45) is 5.73 Å². The molecule has 0 saturated carbocycles. The fraction of sp³-hybridized carbons (Fsp3) is 1.00. The molecule has 0 heterocycles. The van der Waals surface area contributed by atoms with Crippen LogP contribution in [0.25, 0.3) is 0 Å². The number of unbranched alkanes of at least 4 members (excludes halogenated alkanes) is 8. The van der Waals surface area contributed by atoms with Gasteiger partial charge in [-0.05, 0) is 39.5 Å². The predicted molar refractivity (Wildman–Crippen MR) is 78.4 cm³/mol. The molecule has 0 aromatic carbocycles. The van der Waals surface area contributed by atoms with Gasteiger partial charge in [-0.25, -0.2) is 0 Å². The summed E-state index contributed by atoms with van der Waals surface area (Å²) >= 11 is 0. The van der Waals surface area contributed by atoms with Gasteiger partial charge < -0.3 is 10.6 Å². The van der Waals surface area contributed by atoms with Gasteiger partial charge in [0.2, 0.25) is 0 Å². The van der Waals surface area contributed by atoms with E-state index in [0.29, 0.717) is 0 Å². The van der Waals surface area contributed by atoms with Crippen LogP contribution in [0.5, 0.6) is 0 Å². The van der Waals surface area contributed by atoms with Gasteiger partial charge in [-0.2, -0.15) is 0 Å². The van der Waals surface area contributed by atoms with Crippen molar-refractivity contribution in [1.82, 2.24) is 4.90 Å². The SMILES string of the molecule is CCCCCCCCCCCN(C)CCCN. The highest BCUT2D eigenvalue weighted by molar-refractivity contribution is 4.53. The first-order valence-corrected chi connectivity index (χ1v) is 7.70. The Labute approximate surface area is 109 Å². The minimum Gasteiger partial charge on any atom is -0.330 e. The number of hydrogen-bond donors (Lipinski definition) is 1. The van der Waals surface area contributed by atoms with Crippen LogP contribution in [0.2, 0.25) is 0 Å². The van der Waals surface area contributed by atoms with Crippen LogP contribution in [0.4, 0.5) is 0 Å². The Morgan fingerprint density at radius 3 is 1.71 bits per heavy atom. The quantitative estimate of drug-likeness (QED) is 0.498. The maximum absolute atomic E-state index is 5.49. The Bertz CT molecular complexity index is 137. The number of nitrogens with two attached hydrogens (primary N) is 1. The largest absolute Gasteiger partial charge is 0.330 e. The highest BCUT2D eigenvalue weighted by atomic mass is 15.1. The summed E-state index contributed by atoms with van der Waals surface area (Å²) in [7, 11) is 2.21. The zero-order chi connectivity index (χ0) is 12.8. The summed E-state index contributed by atoms with van der Waals surface area (Å²) in [5.74, 6) is 0. The minimum atomic E-state index is 0.822. The molecule has 0 radical (unpaired) electrons. The van der Waals surface area contributed by atoms with Crippen molar-refractivity contribution >= 4 is 0 Å². The Hall–Kier alpha value is -0.0800. The van der Waals surface area contributed by atoms with E-state index in [2.05, 4.69) is 18.9 Å². The summed E-state index contributed by atoms with van der Waals surface area (Å²) in [6.45, 7) is 5.51. The van der Waals surface area contributed by atoms with E-state index in [0.717, 1.165) is 19.5 Å². The molecule has 0 bridgehead atoms. The molecular formula is C15H34N2. The highest BCUT2D eigenvalue weighted by Gasteiger charge is 1.97. The first-order chi connectivity index (χ1) is 8.31. The second-order valence-corrected chi connectivity index (χ2v) is 5.27. The second kappa shape index (κ2) is 14.0. The van der Waals surface area contributed by atoms with E-state index in [9.17, 15) is 0 Å². The van der Waals surface area contributed by atoms with Crippen LogP contribution in [-0.4, -0.2) is 31.6 Å².